The van der Waals surface area contributed by atoms with E-state index in [1.165, 1.54) is 6.07 Å². The lowest BCUT2D eigenvalue weighted by molar-refractivity contribution is -0.394. The van der Waals surface area contributed by atoms with Crippen molar-refractivity contribution >= 4 is 22.4 Å². The van der Waals surface area contributed by atoms with Crippen LogP contribution in [0.2, 0.25) is 0 Å². The van der Waals surface area contributed by atoms with Gasteiger partial charge in [0, 0.05) is 6.07 Å². The van der Waals surface area contributed by atoms with Crippen molar-refractivity contribution in [3.8, 4) is 5.75 Å². The third-order valence-electron chi connectivity index (χ3n) is 3.56. The van der Waals surface area contributed by atoms with Crippen LogP contribution in [0, 0.1) is 27.2 Å². The van der Waals surface area contributed by atoms with E-state index in [9.17, 15) is 20.2 Å². The molecular formula is C16H12N4O5. The van der Waals surface area contributed by atoms with Crippen molar-refractivity contribution in [3.63, 3.8) is 0 Å². The van der Waals surface area contributed by atoms with Crippen molar-refractivity contribution in [1.82, 2.24) is 9.97 Å². The van der Waals surface area contributed by atoms with Gasteiger partial charge in [0.2, 0.25) is 0 Å². The minimum absolute atomic E-state index is 0.0394. The predicted octanol–water partition coefficient (Wildman–Crippen LogP) is 3.33. The number of rotatable bonds is 5. The van der Waals surface area contributed by atoms with Gasteiger partial charge in [0.1, 0.15) is 6.61 Å². The molecule has 0 amide bonds. The molecule has 0 spiro atoms. The zero-order chi connectivity index (χ0) is 18.0. The second-order valence-corrected chi connectivity index (χ2v) is 5.20. The monoisotopic (exact) mass is 340 g/mol. The molecule has 9 nitrogen and oxygen atoms in total. The summed E-state index contributed by atoms with van der Waals surface area (Å²) in [5, 5.41) is 21.9. The van der Waals surface area contributed by atoms with Gasteiger partial charge in [-0.25, -0.2) is 9.97 Å². The first-order valence-corrected chi connectivity index (χ1v) is 7.23. The normalized spacial score (nSPS) is 10.6. The molecular weight excluding hydrogens is 328 g/mol. The first-order chi connectivity index (χ1) is 12.0. The van der Waals surface area contributed by atoms with Crippen LogP contribution in [-0.4, -0.2) is 19.8 Å². The summed E-state index contributed by atoms with van der Waals surface area (Å²) in [6, 6.07) is 10.6. The minimum atomic E-state index is -0.721. The van der Waals surface area contributed by atoms with Crippen LogP contribution in [0.15, 0.2) is 42.5 Å². The highest BCUT2D eigenvalue weighted by molar-refractivity contribution is 5.74. The molecule has 0 radical (unpaired) electrons. The number of aromatic nitrogens is 2. The summed E-state index contributed by atoms with van der Waals surface area (Å²) < 4.78 is 5.48. The maximum absolute atomic E-state index is 11.1. The Morgan fingerprint density at radius 3 is 2.32 bits per heavy atom. The fraction of sp³-hybridized carbons (Fsp3) is 0.125. The molecule has 0 aliphatic carbocycles. The van der Waals surface area contributed by atoms with Crippen LogP contribution in [-0.2, 0) is 6.61 Å². The topological polar surface area (TPSA) is 121 Å². The van der Waals surface area contributed by atoms with E-state index in [4.69, 9.17) is 4.74 Å². The van der Waals surface area contributed by atoms with E-state index in [-0.39, 0.29) is 18.0 Å². The molecule has 0 aliphatic rings. The third kappa shape index (κ3) is 3.34. The molecule has 0 fully saturated rings. The number of fused-ring (bicyclic) bond motifs is 1. The van der Waals surface area contributed by atoms with Crippen molar-refractivity contribution < 1.29 is 14.6 Å². The summed E-state index contributed by atoms with van der Waals surface area (Å²) in [6.45, 7) is 1.73. The molecule has 25 heavy (non-hydrogen) atoms. The van der Waals surface area contributed by atoms with Gasteiger partial charge in [-0.15, -0.1) is 0 Å². The summed E-state index contributed by atoms with van der Waals surface area (Å²) in [4.78, 5) is 29.3. The molecule has 3 aromatic rings. The largest absolute Gasteiger partial charge is 0.480 e. The number of para-hydroxylation sites is 2. The van der Waals surface area contributed by atoms with Gasteiger partial charge in [-0.2, -0.15) is 0 Å². The average molecular weight is 340 g/mol. The van der Waals surface area contributed by atoms with Gasteiger partial charge in [0.15, 0.2) is 5.75 Å². The average Bonchev–Trinajstić information content (AvgIpc) is 2.59. The quantitative estimate of drug-likeness (QED) is 0.515. The zero-order valence-corrected chi connectivity index (χ0v) is 13.1. The van der Waals surface area contributed by atoms with E-state index >= 15 is 0 Å². The van der Waals surface area contributed by atoms with Crippen molar-refractivity contribution in [1.29, 1.82) is 0 Å². The van der Waals surface area contributed by atoms with Gasteiger partial charge in [-0.05, 0) is 25.1 Å². The van der Waals surface area contributed by atoms with Gasteiger partial charge in [0.05, 0.1) is 38.3 Å². The lowest BCUT2D eigenvalue weighted by Gasteiger charge is -2.09. The molecule has 0 aliphatic heterocycles. The lowest BCUT2D eigenvalue weighted by Crippen LogP contribution is -2.05. The Labute approximate surface area is 141 Å². The van der Waals surface area contributed by atoms with E-state index in [1.807, 2.05) is 18.2 Å². The van der Waals surface area contributed by atoms with Crippen LogP contribution in [0.25, 0.3) is 11.0 Å². The highest BCUT2D eigenvalue weighted by atomic mass is 16.6. The van der Waals surface area contributed by atoms with Crippen LogP contribution in [0.5, 0.6) is 5.75 Å². The van der Waals surface area contributed by atoms with Crippen LogP contribution in [0.4, 0.5) is 11.4 Å². The number of aryl methyl sites for hydroxylation is 1. The maximum atomic E-state index is 11.1. The van der Waals surface area contributed by atoms with Gasteiger partial charge in [-0.1, -0.05) is 12.1 Å². The number of hydrogen-bond acceptors (Lipinski definition) is 7. The molecule has 126 valence electrons. The van der Waals surface area contributed by atoms with Gasteiger partial charge >= 0.3 is 5.69 Å². The molecule has 0 atom stereocenters. The number of nitro groups is 2. The van der Waals surface area contributed by atoms with Crippen molar-refractivity contribution in [3.05, 3.63) is 74.1 Å². The van der Waals surface area contributed by atoms with Gasteiger partial charge in [0.25, 0.3) is 5.69 Å². The highest BCUT2D eigenvalue weighted by Gasteiger charge is 2.21. The summed E-state index contributed by atoms with van der Waals surface area (Å²) >= 11 is 0. The summed E-state index contributed by atoms with van der Waals surface area (Å²) in [5.74, 6) is -0.0649. The van der Waals surface area contributed by atoms with E-state index in [1.54, 1.807) is 13.0 Å². The minimum Gasteiger partial charge on any atom is -0.480 e. The maximum Gasteiger partial charge on any atom is 0.317 e. The molecule has 3 rings (SSSR count). The summed E-state index contributed by atoms with van der Waals surface area (Å²) in [5.41, 5.74) is 1.76. The number of nitrogens with zero attached hydrogens (tertiary/aromatic N) is 4. The molecule has 1 heterocycles. The lowest BCUT2D eigenvalue weighted by atomic mass is 10.2. The fourth-order valence-corrected chi connectivity index (χ4v) is 2.29. The van der Waals surface area contributed by atoms with Crippen molar-refractivity contribution in [2.24, 2.45) is 0 Å². The van der Waals surface area contributed by atoms with Crippen LogP contribution in [0.1, 0.15) is 11.4 Å². The summed E-state index contributed by atoms with van der Waals surface area (Å²) in [6.07, 6.45) is 0. The molecule has 0 bridgehead atoms. The van der Waals surface area contributed by atoms with E-state index in [0.717, 1.165) is 17.6 Å². The first kappa shape index (κ1) is 16.2. The Balaban J connectivity index is 1.90. The zero-order valence-electron chi connectivity index (χ0n) is 13.1. The van der Waals surface area contributed by atoms with E-state index in [2.05, 4.69) is 9.97 Å². The van der Waals surface area contributed by atoms with E-state index in [0.29, 0.717) is 16.9 Å². The molecule has 0 saturated carbocycles. The molecule has 1 aromatic heterocycles. The smallest absolute Gasteiger partial charge is 0.317 e. The Kier molecular flexibility index (Phi) is 4.21. The van der Waals surface area contributed by atoms with E-state index < -0.39 is 15.5 Å². The Hall–Kier alpha value is -3.62. The second kappa shape index (κ2) is 6.48. The van der Waals surface area contributed by atoms with Gasteiger partial charge < -0.3 is 4.74 Å². The molecule has 0 saturated heterocycles. The Morgan fingerprint density at radius 2 is 1.68 bits per heavy atom. The number of nitro benzene ring substituents is 2. The van der Waals surface area contributed by atoms with Crippen molar-refractivity contribution in [2.75, 3.05) is 0 Å². The fourth-order valence-electron chi connectivity index (χ4n) is 2.29. The molecule has 9 heteroatoms. The SMILES string of the molecule is Cc1nc2ccccc2nc1COc1ccc([N+](=O)[O-])cc1[N+](=O)[O-]. The van der Waals surface area contributed by atoms with Crippen LogP contribution >= 0.6 is 0 Å². The second-order valence-electron chi connectivity index (χ2n) is 5.20. The number of ether oxygens (including phenoxy) is 1. The van der Waals surface area contributed by atoms with Crippen molar-refractivity contribution in [2.45, 2.75) is 13.5 Å². The predicted molar refractivity (Wildman–Crippen MR) is 88.4 cm³/mol. The van der Waals surface area contributed by atoms with Gasteiger partial charge in [-0.3, -0.25) is 20.2 Å². The summed E-state index contributed by atoms with van der Waals surface area (Å²) in [7, 11) is 0. The number of hydrogen-bond donors (Lipinski definition) is 0. The highest BCUT2D eigenvalue weighted by Crippen LogP contribution is 2.31. The van der Waals surface area contributed by atoms with Crippen LogP contribution < -0.4 is 4.74 Å². The number of non-ortho nitro benzene ring substituents is 1. The number of benzene rings is 2. The standard InChI is InChI=1S/C16H12N4O5/c1-10-14(18-13-5-3-2-4-12(13)17-10)9-25-16-7-6-11(19(21)22)8-15(16)20(23)24/h2-8H,9H2,1H3. The molecule has 0 unspecified atom stereocenters. The Morgan fingerprint density at radius 1 is 1.00 bits per heavy atom. The molecule has 0 N–H and O–H groups in total. The van der Waals surface area contributed by atoms with Crippen LogP contribution in [0.3, 0.4) is 0 Å². The Bertz CT molecular complexity index is 989. The molecule has 2 aromatic carbocycles. The third-order valence-corrected chi connectivity index (χ3v) is 3.56. The first-order valence-electron chi connectivity index (χ1n) is 7.23.